The van der Waals surface area contributed by atoms with Crippen LogP contribution in [0, 0.1) is 40.9 Å². The molecule has 0 N–H and O–H groups in total. The first-order valence-corrected chi connectivity index (χ1v) is 10.3. The molecule has 1 aliphatic heterocycles. The largest absolute Gasteiger partial charge is 0.331 e. The fourth-order valence-electron chi connectivity index (χ4n) is 3.91. The van der Waals surface area contributed by atoms with Gasteiger partial charge in [-0.05, 0) is 5.56 Å². The molecule has 0 aliphatic carbocycles. The monoisotopic (exact) mass is 475 g/mol. The van der Waals surface area contributed by atoms with Crippen molar-refractivity contribution in [3.05, 3.63) is 103 Å². The minimum absolute atomic E-state index is 0.0834. The van der Waals surface area contributed by atoms with E-state index in [0.717, 1.165) is 10.1 Å². The van der Waals surface area contributed by atoms with Crippen LogP contribution in [0.4, 0.5) is 22.0 Å². The van der Waals surface area contributed by atoms with Gasteiger partial charge in [0.05, 0.1) is 18.7 Å². The van der Waals surface area contributed by atoms with E-state index in [0.29, 0.717) is 24.2 Å². The molecular formula is C24H18F5N3O2. The fourth-order valence-corrected chi connectivity index (χ4v) is 3.91. The minimum atomic E-state index is -2.24. The summed E-state index contributed by atoms with van der Waals surface area (Å²) in [4.78, 5) is 27.5. The number of benzene rings is 2. The highest BCUT2D eigenvalue weighted by atomic mass is 19.2. The van der Waals surface area contributed by atoms with Crippen molar-refractivity contribution in [1.82, 2.24) is 14.0 Å². The van der Waals surface area contributed by atoms with Crippen LogP contribution < -0.4 is 11.2 Å². The van der Waals surface area contributed by atoms with Gasteiger partial charge in [0.1, 0.15) is 5.56 Å². The van der Waals surface area contributed by atoms with Crippen LogP contribution in [0.25, 0.3) is 0 Å². The number of nitrogens with zero attached hydrogens (tertiary/aromatic N) is 3. The quantitative estimate of drug-likeness (QED) is 0.253. The van der Waals surface area contributed by atoms with Crippen molar-refractivity contribution in [2.24, 2.45) is 7.05 Å². The second-order valence-electron chi connectivity index (χ2n) is 7.85. The van der Waals surface area contributed by atoms with Crippen LogP contribution in [0.2, 0.25) is 0 Å². The summed E-state index contributed by atoms with van der Waals surface area (Å²) in [6.07, 6.45) is 0.354. The van der Waals surface area contributed by atoms with Gasteiger partial charge >= 0.3 is 5.69 Å². The first-order chi connectivity index (χ1) is 16.2. The number of aromatic nitrogens is 2. The topological polar surface area (TPSA) is 47.2 Å². The summed E-state index contributed by atoms with van der Waals surface area (Å²) in [5, 5.41) is 0. The van der Waals surface area contributed by atoms with Gasteiger partial charge in [0, 0.05) is 32.3 Å². The number of hydrogen-bond acceptors (Lipinski definition) is 3. The average molecular weight is 475 g/mol. The van der Waals surface area contributed by atoms with Crippen molar-refractivity contribution in [2.75, 3.05) is 13.1 Å². The van der Waals surface area contributed by atoms with E-state index >= 15 is 0 Å². The fraction of sp³-hybridized carbons (Fsp3) is 0.250. The molecular weight excluding hydrogens is 457 g/mol. The molecule has 4 rings (SSSR count). The predicted octanol–water partition coefficient (Wildman–Crippen LogP) is 2.70. The Balaban J connectivity index is 1.61. The van der Waals surface area contributed by atoms with Crippen LogP contribution >= 0.6 is 0 Å². The van der Waals surface area contributed by atoms with Crippen LogP contribution in [-0.2, 0) is 26.6 Å². The maximum Gasteiger partial charge on any atom is 0.331 e. The van der Waals surface area contributed by atoms with Gasteiger partial charge in [-0.1, -0.05) is 42.2 Å². The molecule has 0 spiro atoms. The highest BCUT2D eigenvalue weighted by Crippen LogP contribution is 2.22. The normalized spacial score (nSPS) is 13.4. The Hall–Kier alpha value is -3.71. The molecule has 34 heavy (non-hydrogen) atoms. The molecule has 10 heteroatoms. The lowest BCUT2D eigenvalue weighted by Gasteiger charge is -2.28. The molecule has 2 aromatic carbocycles. The molecule has 0 saturated carbocycles. The minimum Gasteiger partial charge on any atom is -0.300 e. The van der Waals surface area contributed by atoms with Crippen molar-refractivity contribution < 1.29 is 22.0 Å². The second kappa shape index (κ2) is 9.27. The van der Waals surface area contributed by atoms with Crippen molar-refractivity contribution in [3.8, 4) is 11.8 Å². The van der Waals surface area contributed by atoms with Crippen molar-refractivity contribution >= 4 is 0 Å². The molecule has 2 heterocycles. The third-order valence-electron chi connectivity index (χ3n) is 5.73. The van der Waals surface area contributed by atoms with E-state index in [1.807, 2.05) is 12.0 Å². The van der Waals surface area contributed by atoms with Crippen LogP contribution in [0.3, 0.4) is 0 Å². The Labute approximate surface area is 190 Å². The van der Waals surface area contributed by atoms with E-state index in [-0.39, 0.29) is 19.6 Å². The van der Waals surface area contributed by atoms with Crippen LogP contribution in [0.5, 0.6) is 0 Å². The Morgan fingerprint density at radius 3 is 2.18 bits per heavy atom. The van der Waals surface area contributed by atoms with Gasteiger partial charge in [-0.2, -0.15) is 0 Å². The molecule has 0 atom stereocenters. The Morgan fingerprint density at radius 1 is 0.912 bits per heavy atom. The number of fused-ring (bicyclic) bond motifs is 1. The summed E-state index contributed by atoms with van der Waals surface area (Å²) >= 11 is 0. The van der Waals surface area contributed by atoms with E-state index in [4.69, 9.17) is 0 Å². The summed E-state index contributed by atoms with van der Waals surface area (Å²) in [5.41, 5.74) is -0.332. The number of rotatable bonds is 3. The maximum absolute atomic E-state index is 13.8. The summed E-state index contributed by atoms with van der Waals surface area (Å²) in [6.45, 7) is 0.511. The Bertz CT molecular complexity index is 1420. The molecule has 5 nitrogen and oxygen atoms in total. The number of halogens is 5. The van der Waals surface area contributed by atoms with E-state index in [1.165, 1.54) is 4.57 Å². The lowest BCUT2D eigenvalue weighted by atomic mass is 10.1. The van der Waals surface area contributed by atoms with Crippen molar-refractivity contribution in [2.45, 2.75) is 19.5 Å². The lowest BCUT2D eigenvalue weighted by molar-refractivity contribution is 0.275. The van der Waals surface area contributed by atoms with Gasteiger partial charge in [0.15, 0.2) is 23.3 Å². The zero-order valence-corrected chi connectivity index (χ0v) is 18.0. The SMILES string of the molecule is Cn1c2c(c(=O)n(Cc3ccccc3)c1=O)CN(CC#Cc1c(F)c(F)c(F)c(F)c1F)CC2. The smallest absolute Gasteiger partial charge is 0.300 e. The van der Waals surface area contributed by atoms with Crippen molar-refractivity contribution in [3.63, 3.8) is 0 Å². The van der Waals surface area contributed by atoms with Gasteiger partial charge in [-0.3, -0.25) is 14.3 Å². The van der Waals surface area contributed by atoms with Gasteiger partial charge in [0.25, 0.3) is 5.56 Å². The van der Waals surface area contributed by atoms with Crippen LogP contribution in [0.15, 0.2) is 39.9 Å². The molecule has 0 radical (unpaired) electrons. The second-order valence-corrected chi connectivity index (χ2v) is 7.85. The van der Waals surface area contributed by atoms with Crippen LogP contribution in [0.1, 0.15) is 22.4 Å². The van der Waals surface area contributed by atoms with Gasteiger partial charge in [-0.15, -0.1) is 0 Å². The molecule has 0 saturated heterocycles. The van der Waals surface area contributed by atoms with Crippen LogP contribution in [-0.4, -0.2) is 27.1 Å². The predicted molar refractivity (Wildman–Crippen MR) is 114 cm³/mol. The zero-order chi connectivity index (χ0) is 24.6. The molecule has 176 valence electrons. The summed E-state index contributed by atoms with van der Waals surface area (Å²) in [7, 11) is 1.58. The van der Waals surface area contributed by atoms with Crippen molar-refractivity contribution in [1.29, 1.82) is 0 Å². The molecule has 0 bridgehead atoms. The Morgan fingerprint density at radius 2 is 1.53 bits per heavy atom. The molecule has 0 unspecified atom stereocenters. The summed E-state index contributed by atoms with van der Waals surface area (Å²) < 4.78 is 70.1. The first kappa shape index (κ1) is 23.4. The third-order valence-corrected chi connectivity index (χ3v) is 5.73. The van der Waals surface area contributed by atoms with E-state index < -0.39 is 45.9 Å². The molecule has 1 aliphatic rings. The summed E-state index contributed by atoms with van der Waals surface area (Å²) in [6, 6.07) is 9.02. The van der Waals surface area contributed by atoms with E-state index in [2.05, 4.69) is 5.92 Å². The zero-order valence-electron chi connectivity index (χ0n) is 18.0. The van der Waals surface area contributed by atoms with Gasteiger partial charge in [-0.25, -0.2) is 26.7 Å². The lowest BCUT2D eigenvalue weighted by Crippen LogP contribution is -2.47. The molecule has 1 aromatic heterocycles. The van der Waals surface area contributed by atoms with E-state index in [9.17, 15) is 31.5 Å². The number of hydrogen-bond donors (Lipinski definition) is 0. The summed E-state index contributed by atoms with van der Waals surface area (Å²) in [5.74, 6) is -5.92. The average Bonchev–Trinajstić information content (AvgIpc) is 2.85. The standard InChI is InChI=1S/C24H18F5N3O2/c1-30-17-9-11-31(10-5-8-15-18(25)20(27)22(29)21(28)19(15)26)13-16(17)23(33)32(24(30)34)12-14-6-3-2-4-7-14/h2-4,6-7H,9-13H2,1H3. The van der Waals surface area contributed by atoms with E-state index in [1.54, 1.807) is 36.2 Å². The highest BCUT2D eigenvalue weighted by Gasteiger charge is 2.26. The molecule has 0 amide bonds. The Kier molecular flexibility index (Phi) is 6.39. The maximum atomic E-state index is 13.8. The molecule has 3 aromatic rings. The first-order valence-electron chi connectivity index (χ1n) is 10.3. The highest BCUT2D eigenvalue weighted by molar-refractivity contribution is 5.39. The van der Waals surface area contributed by atoms with Gasteiger partial charge in [0.2, 0.25) is 5.82 Å². The van der Waals surface area contributed by atoms with Gasteiger partial charge < -0.3 is 4.57 Å². The molecule has 0 fully saturated rings. The third kappa shape index (κ3) is 4.15.